The first-order chi connectivity index (χ1) is 8.31. The second-order valence-corrected chi connectivity index (χ2v) is 4.89. The normalized spacial score (nSPS) is 17.4. The highest BCUT2D eigenvalue weighted by Gasteiger charge is 2.23. The third kappa shape index (κ3) is 5.35. The highest BCUT2D eigenvalue weighted by atomic mass is 35.5. The van der Waals surface area contributed by atoms with Crippen molar-refractivity contribution >= 4 is 24.8 Å². The minimum atomic E-state index is 0. The molecule has 5 heteroatoms. The molecule has 112 valence electrons. The first-order valence-corrected chi connectivity index (χ1v) is 6.82. The SMILES string of the molecule is CCCC[C@H](c1ccc(C)o1)N1CCNCC1.Cl.Cl. The molecule has 0 radical (unpaired) electrons. The van der Waals surface area contributed by atoms with Crippen LogP contribution in [-0.2, 0) is 0 Å². The zero-order chi connectivity index (χ0) is 12.1. The van der Waals surface area contributed by atoms with Gasteiger partial charge in [-0.2, -0.15) is 0 Å². The number of halogens is 2. The van der Waals surface area contributed by atoms with Gasteiger partial charge in [0.05, 0.1) is 6.04 Å². The molecule has 1 atom stereocenters. The van der Waals surface area contributed by atoms with Crippen molar-refractivity contribution in [2.75, 3.05) is 26.2 Å². The zero-order valence-electron chi connectivity index (χ0n) is 11.9. The highest BCUT2D eigenvalue weighted by molar-refractivity contribution is 5.85. The maximum atomic E-state index is 5.83. The van der Waals surface area contributed by atoms with Crippen LogP contribution in [0.4, 0.5) is 0 Å². The van der Waals surface area contributed by atoms with Crippen molar-refractivity contribution in [2.45, 2.75) is 39.2 Å². The second kappa shape index (κ2) is 9.65. The Balaban J connectivity index is 0.00000162. The molecule has 0 unspecified atom stereocenters. The Labute approximate surface area is 128 Å². The summed E-state index contributed by atoms with van der Waals surface area (Å²) in [4.78, 5) is 2.56. The lowest BCUT2D eigenvalue weighted by Gasteiger charge is -2.33. The molecule has 0 bridgehead atoms. The molecule has 19 heavy (non-hydrogen) atoms. The number of piperazine rings is 1. The molecule has 0 amide bonds. The maximum Gasteiger partial charge on any atom is 0.121 e. The van der Waals surface area contributed by atoms with E-state index < -0.39 is 0 Å². The number of rotatable bonds is 5. The van der Waals surface area contributed by atoms with Crippen molar-refractivity contribution in [3.63, 3.8) is 0 Å². The number of unbranched alkanes of at least 4 members (excludes halogenated alkanes) is 1. The predicted octanol–water partition coefficient (Wildman–Crippen LogP) is 3.57. The Morgan fingerprint density at radius 1 is 1.26 bits per heavy atom. The van der Waals surface area contributed by atoms with Crippen LogP contribution >= 0.6 is 24.8 Å². The first-order valence-electron chi connectivity index (χ1n) is 6.82. The van der Waals surface area contributed by atoms with Gasteiger partial charge in [0.25, 0.3) is 0 Å². The number of nitrogens with zero attached hydrogens (tertiary/aromatic N) is 1. The molecule has 1 N–H and O–H groups in total. The predicted molar refractivity (Wildman–Crippen MR) is 84.6 cm³/mol. The van der Waals surface area contributed by atoms with Crippen LogP contribution in [0.15, 0.2) is 16.5 Å². The third-order valence-electron chi connectivity index (χ3n) is 3.51. The van der Waals surface area contributed by atoms with E-state index in [1.165, 1.54) is 19.3 Å². The van der Waals surface area contributed by atoms with Crippen LogP contribution in [0.25, 0.3) is 0 Å². The fraction of sp³-hybridized carbons (Fsp3) is 0.714. The number of furan rings is 1. The summed E-state index contributed by atoms with van der Waals surface area (Å²) in [5.41, 5.74) is 0. The molecular weight excluding hydrogens is 283 g/mol. The van der Waals surface area contributed by atoms with Crippen molar-refractivity contribution in [1.29, 1.82) is 0 Å². The topological polar surface area (TPSA) is 28.4 Å². The van der Waals surface area contributed by atoms with E-state index in [-0.39, 0.29) is 24.8 Å². The quantitative estimate of drug-likeness (QED) is 0.901. The fourth-order valence-electron chi connectivity index (χ4n) is 2.53. The summed E-state index contributed by atoms with van der Waals surface area (Å²) in [5.74, 6) is 2.18. The highest BCUT2D eigenvalue weighted by Crippen LogP contribution is 2.28. The molecule has 1 aliphatic rings. The Morgan fingerprint density at radius 3 is 2.47 bits per heavy atom. The molecule has 0 aromatic carbocycles. The standard InChI is InChI=1S/C14H24N2O.2ClH/c1-3-4-5-13(14-7-6-12(2)17-14)16-10-8-15-9-11-16;;/h6-7,13,15H,3-5,8-11H2,1-2H3;2*1H/t13-;;/m1../s1. The Bertz CT molecular complexity index is 338. The molecular formula is C14H26Cl2N2O. The monoisotopic (exact) mass is 308 g/mol. The van der Waals surface area contributed by atoms with Gasteiger partial charge in [-0.1, -0.05) is 19.8 Å². The first kappa shape index (κ1) is 18.8. The zero-order valence-corrected chi connectivity index (χ0v) is 13.5. The Morgan fingerprint density at radius 2 is 1.95 bits per heavy atom. The lowest BCUT2D eigenvalue weighted by Crippen LogP contribution is -2.45. The lowest BCUT2D eigenvalue weighted by molar-refractivity contribution is 0.143. The average molecular weight is 309 g/mol. The molecule has 1 aromatic heterocycles. The summed E-state index contributed by atoms with van der Waals surface area (Å²) < 4.78 is 5.83. The Hall–Kier alpha value is -0.220. The van der Waals surface area contributed by atoms with Crippen LogP contribution in [-0.4, -0.2) is 31.1 Å². The molecule has 0 spiro atoms. The molecule has 1 aromatic rings. The summed E-state index contributed by atoms with van der Waals surface area (Å²) in [6.45, 7) is 8.74. The van der Waals surface area contributed by atoms with Crippen LogP contribution in [0.5, 0.6) is 0 Å². The van der Waals surface area contributed by atoms with Gasteiger partial charge in [-0.15, -0.1) is 24.8 Å². The van der Waals surface area contributed by atoms with Gasteiger partial charge in [0.15, 0.2) is 0 Å². The van der Waals surface area contributed by atoms with E-state index in [2.05, 4.69) is 29.3 Å². The summed E-state index contributed by atoms with van der Waals surface area (Å²) in [7, 11) is 0. The fourth-order valence-corrected chi connectivity index (χ4v) is 2.53. The van der Waals surface area contributed by atoms with E-state index in [9.17, 15) is 0 Å². The molecule has 0 saturated carbocycles. The van der Waals surface area contributed by atoms with Crippen LogP contribution < -0.4 is 5.32 Å². The smallest absolute Gasteiger partial charge is 0.121 e. The Kier molecular flexibility index (Phi) is 9.54. The van der Waals surface area contributed by atoms with Gasteiger partial charge >= 0.3 is 0 Å². The number of nitrogens with one attached hydrogen (secondary N) is 1. The van der Waals surface area contributed by atoms with Gasteiger partial charge in [0.1, 0.15) is 11.5 Å². The van der Waals surface area contributed by atoms with Gasteiger partial charge in [0.2, 0.25) is 0 Å². The summed E-state index contributed by atoms with van der Waals surface area (Å²) in [6, 6.07) is 4.71. The average Bonchev–Trinajstić information content (AvgIpc) is 2.78. The van der Waals surface area contributed by atoms with E-state index in [4.69, 9.17) is 4.42 Å². The van der Waals surface area contributed by atoms with E-state index in [1.807, 2.05) is 6.92 Å². The molecule has 2 heterocycles. The van der Waals surface area contributed by atoms with Crippen molar-refractivity contribution in [3.8, 4) is 0 Å². The van der Waals surface area contributed by atoms with Crippen LogP contribution in [0.1, 0.15) is 43.7 Å². The second-order valence-electron chi connectivity index (χ2n) is 4.89. The van der Waals surface area contributed by atoms with E-state index in [0.717, 1.165) is 37.7 Å². The van der Waals surface area contributed by atoms with Crippen LogP contribution in [0, 0.1) is 6.92 Å². The van der Waals surface area contributed by atoms with Crippen molar-refractivity contribution in [3.05, 3.63) is 23.7 Å². The van der Waals surface area contributed by atoms with Crippen LogP contribution in [0.2, 0.25) is 0 Å². The largest absolute Gasteiger partial charge is 0.465 e. The molecule has 2 rings (SSSR count). The van der Waals surface area contributed by atoms with Gasteiger partial charge in [-0.05, 0) is 25.5 Å². The molecule has 0 aliphatic carbocycles. The van der Waals surface area contributed by atoms with Gasteiger partial charge in [-0.3, -0.25) is 4.90 Å². The van der Waals surface area contributed by atoms with E-state index >= 15 is 0 Å². The van der Waals surface area contributed by atoms with Gasteiger partial charge < -0.3 is 9.73 Å². The summed E-state index contributed by atoms with van der Waals surface area (Å²) in [6.07, 6.45) is 3.74. The van der Waals surface area contributed by atoms with E-state index in [1.54, 1.807) is 0 Å². The van der Waals surface area contributed by atoms with Crippen LogP contribution in [0.3, 0.4) is 0 Å². The van der Waals surface area contributed by atoms with Crippen molar-refractivity contribution in [1.82, 2.24) is 10.2 Å². The van der Waals surface area contributed by atoms with Crippen molar-refractivity contribution < 1.29 is 4.42 Å². The molecule has 3 nitrogen and oxygen atoms in total. The summed E-state index contributed by atoms with van der Waals surface area (Å²) >= 11 is 0. The lowest BCUT2D eigenvalue weighted by atomic mass is 10.0. The number of aryl methyl sites for hydroxylation is 1. The number of hydrogen-bond acceptors (Lipinski definition) is 3. The van der Waals surface area contributed by atoms with Gasteiger partial charge in [-0.25, -0.2) is 0 Å². The minimum Gasteiger partial charge on any atom is -0.465 e. The molecule has 1 aliphatic heterocycles. The maximum absolute atomic E-state index is 5.83. The van der Waals surface area contributed by atoms with Gasteiger partial charge in [0, 0.05) is 26.2 Å². The minimum absolute atomic E-state index is 0. The summed E-state index contributed by atoms with van der Waals surface area (Å²) in [5, 5.41) is 3.41. The molecule has 1 saturated heterocycles. The van der Waals surface area contributed by atoms with Crippen molar-refractivity contribution in [2.24, 2.45) is 0 Å². The number of hydrogen-bond donors (Lipinski definition) is 1. The third-order valence-corrected chi connectivity index (χ3v) is 3.51. The van der Waals surface area contributed by atoms with E-state index in [0.29, 0.717) is 6.04 Å². The molecule has 1 fully saturated rings.